The van der Waals surface area contributed by atoms with Crippen LogP contribution in [-0.2, 0) is 19.5 Å². The third-order valence-electron chi connectivity index (χ3n) is 1.83. The Morgan fingerprint density at radius 1 is 0.765 bits per heavy atom. The summed E-state index contributed by atoms with van der Waals surface area (Å²) in [6.45, 7) is 6.25. The first-order valence-corrected chi connectivity index (χ1v) is 5.48. The maximum absolute atomic E-state index is 3.00. The fraction of sp³-hybridized carbons (Fsp3) is 0.188. The van der Waals surface area contributed by atoms with Crippen molar-refractivity contribution in [1.82, 2.24) is 0 Å². The van der Waals surface area contributed by atoms with Crippen LogP contribution in [0.15, 0.2) is 54.6 Å². The van der Waals surface area contributed by atoms with Crippen molar-refractivity contribution in [2.45, 2.75) is 20.8 Å². The Kier molecular flexibility index (Phi) is 8.63. The SMILES string of the molecule is C[C-](C)C.[Zn+2].[c-]1ccc(-c2ccccc2)cc1. The summed E-state index contributed by atoms with van der Waals surface area (Å²) in [6, 6.07) is 21.3. The van der Waals surface area contributed by atoms with E-state index in [0.29, 0.717) is 0 Å². The molecule has 0 atom stereocenters. The van der Waals surface area contributed by atoms with Crippen LogP contribution in [0.4, 0.5) is 0 Å². The van der Waals surface area contributed by atoms with Gasteiger partial charge in [-0.2, -0.15) is 51.1 Å². The number of rotatable bonds is 1. The second-order valence-corrected chi connectivity index (χ2v) is 4.15. The molecule has 0 aliphatic heterocycles. The van der Waals surface area contributed by atoms with E-state index in [0.717, 1.165) is 0 Å². The molecule has 0 fully saturated rings. The Morgan fingerprint density at radius 2 is 1.18 bits per heavy atom. The van der Waals surface area contributed by atoms with Gasteiger partial charge in [-0.1, -0.05) is 30.3 Å². The van der Waals surface area contributed by atoms with Gasteiger partial charge in [0.1, 0.15) is 0 Å². The molecular formula is C16H18Zn. The zero-order valence-corrected chi connectivity index (χ0v) is 13.9. The van der Waals surface area contributed by atoms with Crippen molar-refractivity contribution in [3.8, 4) is 11.1 Å². The first-order chi connectivity index (χ1) is 7.70. The van der Waals surface area contributed by atoms with E-state index in [-0.39, 0.29) is 19.5 Å². The standard InChI is InChI=1S/C12H9.C4H9.Zn/c1-3-7-11(8-4-1)12-9-5-2-6-10-12;1-4(2)3;/h1,3-10H;1-3H3;/q2*-1;+2. The summed E-state index contributed by atoms with van der Waals surface area (Å²) < 4.78 is 0. The van der Waals surface area contributed by atoms with Gasteiger partial charge in [-0.15, -0.1) is 5.56 Å². The predicted molar refractivity (Wildman–Crippen MR) is 71.0 cm³/mol. The Morgan fingerprint density at radius 3 is 1.65 bits per heavy atom. The molecule has 2 aromatic rings. The van der Waals surface area contributed by atoms with Crippen LogP contribution in [-0.4, -0.2) is 0 Å². The summed E-state index contributed by atoms with van der Waals surface area (Å²) in [5.74, 6) is 1.42. The van der Waals surface area contributed by atoms with Crippen molar-refractivity contribution in [2.75, 3.05) is 0 Å². The Balaban J connectivity index is 0.000000453. The first-order valence-electron chi connectivity index (χ1n) is 5.48. The maximum atomic E-state index is 3.00. The number of hydrogen-bond donors (Lipinski definition) is 0. The van der Waals surface area contributed by atoms with Crippen molar-refractivity contribution in [1.29, 1.82) is 0 Å². The van der Waals surface area contributed by atoms with Crippen LogP contribution in [0.1, 0.15) is 20.8 Å². The first kappa shape index (κ1) is 16.1. The molecule has 2 aromatic carbocycles. The third-order valence-corrected chi connectivity index (χ3v) is 1.83. The molecule has 0 nitrogen and oxygen atoms in total. The van der Waals surface area contributed by atoms with Gasteiger partial charge >= 0.3 is 19.5 Å². The molecule has 0 heterocycles. The molecule has 0 aromatic heterocycles. The molecule has 0 bridgehead atoms. The van der Waals surface area contributed by atoms with Crippen molar-refractivity contribution in [3.63, 3.8) is 0 Å². The maximum Gasteiger partial charge on any atom is 2.00 e. The summed E-state index contributed by atoms with van der Waals surface area (Å²) >= 11 is 0. The normalized spacial score (nSPS) is 8.94. The summed E-state index contributed by atoms with van der Waals surface area (Å²) in [7, 11) is 0. The average molecular weight is 276 g/mol. The van der Waals surface area contributed by atoms with Gasteiger partial charge in [-0.25, -0.2) is 0 Å². The molecule has 84 valence electrons. The van der Waals surface area contributed by atoms with Gasteiger partial charge in [0, 0.05) is 0 Å². The number of benzene rings is 2. The van der Waals surface area contributed by atoms with Crippen LogP contribution in [0.5, 0.6) is 0 Å². The molecular weight excluding hydrogens is 258 g/mol. The van der Waals surface area contributed by atoms with Gasteiger partial charge in [-0.3, -0.25) is 0 Å². The third kappa shape index (κ3) is 7.07. The smallest absolute Gasteiger partial charge is 0.323 e. The topological polar surface area (TPSA) is 0 Å². The van der Waals surface area contributed by atoms with E-state index in [1.165, 1.54) is 17.0 Å². The van der Waals surface area contributed by atoms with Crippen molar-refractivity contribution >= 4 is 0 Å². The fourth-order valence-electron chi connectivity index (χ4n) is 1.21. The molecule has 0 saturated carbocycles. The molecule has 0 amide bonds. The second-order valence-electron chi connectivity index (χ2n) is 4.15. The van der Waals surface area contributed by atoms with Crippen molar-refractivity contribution in [2.24, 2.45) is 0 Å². The average Bonchev–Trinajstić information content (AvgIpc) is 2.31. The molecule has 0 radical (unpaired) electrons. The molecule has 0 unspecified atom stereocenters. The van der Waals surface area contributed by atoms with Gasteiger partial charge in [0.15, 0.2) is 0 Å². The molecule has 0 N–H and O–H groups in total. The van der Waals surface area contributed by atoms with E-state index in [1.54, 1.807) is 0 Å². The van der Waals surface area contributed by atoms with Gasteiger partial charge in [-0.05, 0) is 5.56 Å². The summed E-state index contributed by atoms with van der Waals surface area (Å²) in [5.41, 5.74) is 2.50. The minimum atomic E-state index is 0. The predicted octanol–water partition coefficient (Wildman–Crippen LogP) is 4.77. The molecule has 0 aliphatic rings. The molecule has 0 spiro atoms. The molecule has 1 heteroatoms. The van der Waals surface area contributed by atoms with Crippen LogP contribution in [0.25, 0.3) is 11.1 Å². The van der Waals surface area contributed by atoms with Gasteiger partial charge in [0.05, 0.1) is 0 Å². The van der Waals surface area contributed by atoms with Gasteiger partial charge in [0.2, 0.25) is 0 Å². The summed E-state index contributed by atoms with van der Waals surface area (Å²) in [4.78, 5) is 0. The zero-order chi connectivity index (χ0) is 11.8. The Bertz CT molecular complexity index is 339. The van der Waals surface area contributed by atoms with E-state index >= 15 is 0 Å². The van der Waals surface area contributed by atoms with Gasteiger partial charge in [0.25, 0.3) is 0 Å². The van der Waals surface area contributed by atoms with Crippen LogP contribution < -0.4 is 0 Å². The number of hydrogen-bond acceptors (Lipinski definition) is 0. The minimum Gasteiger partial charge on any atom is -0.323 e. The largest absolute Gasteiger partial charge is 2.00 e. The summed E-state index contributed by atoms with van der Waals surface area (Å²) in [6.07, 6.45) is 0. The van der Waals surface area contributed by atoms with Crippen LogP contribution in [0.3, 0.4) is 0 Å². The zero-order valence-electron chi connectivity index (χ0n) is 10.9. The molecule has 0 aliphatic carbocycles. The van der Waals surface area contributed by atoms with E-state index < -0.39 is 0 Å². The quantitative estimate of drug-likeness (QED) is 0.519. The van der Waals surface area contributed by atoms with E-state index in [9.17, 15) is 0 Å². The minimum absolute atomic E-state index is 0. The molecule has 0 saturated heterocycles. The van der Waals surface area contributed by atoms with Crippen molar-refractivity contribution in [3.05, 3.63) is 66.6 Å². The monoisotopic (exact) mass is 274 g/mol. The van der Waals surface area contributed by atoms with Crippen LogP contribution in [0.2, 0.25) is 0 Å². The van der Waals surface area contributed by atoms with E-state index in [4.69, 9.17) is 0 Å². The molecule has 17 heavy (non-hydrogen) atoms. The Hall–Kier alpha value is -0.937. The van der Waals surface area contributed by atoms with Gasteiger partial charge < -0.3 is 5.92 Å². The van der Waals surface area contributed by atoms with E-state index in [1.807, 2.05) is 30.3 Å². The molecule has 2 rings (SSSR count). The van der Waals surface area contributed by atoms with E-state index in [2.05, 4.69) is 51.1 Å². The second kappa shape index (κ2) is 9.13. The van der Waals surface area contributed by atoms with Crippen LogP contribution >= 0.6 is 0 Å². The van der Waals surface area contributed by atoms with Crippen molar-refractivity contribution < 1.29 is 19.5 Å². The fourth-order valence-corrected chi connectivity index (χ4v) is 1.21. The van der Waals surface area contributed by atoms with Crippen LogP contribution in [0, 0.1) is 12.0 Å². The Labute approximate surface area is 118 Å². The summed E-state index contributed by atoms with van der Waals surface area (Å²) in [5, 5.41) is 0.